The number of nitrogens with one attached hydrogen (secondary N) is 2. The number of nitrogens with zero attached hydrogens (tertiary/aromatic N) is 3. The van der Waals surface area contributed by atoms with Crippen molar-refractivity contribution in [3.8, 4) is 0 Å². The van der Waals surface area contributed by atoms with Crippen molar-refractivity contribution in [2.75, 3.05) is 25.0 Å². The molecule has 2 fully saturated rings. The van der Waals surface area contributed by atoms with E-state index in [-0.39, 0.29) is 58.8 Å². The van der Waals surface area contributed by atoms with E-state index in [1.54, 1.807) is 0 Å². The van der Waals surface area contributed by atoms with E-state index in [0.717, 1.165) is 18.7 Å². The van der Waals surface area contributed by atoms with Crippen molar-refractivity contribution in [3.63, 3.8) is 0 Å². The Kier molecular flexibility index (Phi) is 9.24. The van der Waals surface area contributed by atoms with E-state index in [9.17, 15) is 35.9 Å². The normalized spacial score (nSPS) is 20.8. The third-order valence-electron chi connectivity index (χ3n) is 7.24. The second-order valence-electron chi connectivity index (χ2n) is 10.5. The highest BCUT2D eigenvalue weighted by Crippen LogP contribution is 2.35. The fourth-order valence-electron chi connectivity index (χ4n) is 4.95. The van der Waals surface area contributed by atoms with Crippen LogP contribution in [0.2, 0.25) is 5.02 Å². The number of hydrogen-bond acceptors (Lipinski definition) is 6. The molecule has 1 saturated heterocycles. The number of benzene rings is 1. The standard InChI is InChI=1S/C27H29ClF6N6O2/c1-14(41)40-11-17(37-22-9-23(27(32,33)34)39-21-6-5-16(28)7-19(21)22)8-18(12-40)38-25(42)20(10-36-13-26(29,30)31)24(35)15-3-2-4-15/h5-7,9-10,15,17-18H,2-4,8,11-13,35H2,1H3,(H,37,39)(H,38,42)/b24-20+,36-10?/t17-,18+/m1/s1. The van der Waals surface area contributed by atoms with Crippen molar-refractivity contribution in [1.82, 2.24) is 15.2 Å². The van der Waals surface area contributed by atoms with Gasteiger partial charge in [-0.05, 0) is 49.4 Å². The number of piperidine rings is 1. The van der Waals surface area contributed by atoms with Crippen molar-refractivity contribution in [3.05, 3.63) is 46.3 Å². The number of pyridine rings is 1. The van der Waals surface area contributed by atoms with Gasteiger partial charge in [0.2, 0.25) is 5.91 Å². The van der Waals surface area contributed by atoms with Crippen LogP contribution >= 0.6 is 11.6 Å². The van der Waals surface area contributed by atoms with Gasteiger partial charge in [-0.15, -0.1) is 0 Å². The number of amides is 2. The number of aromatic nitrogens is 1. The molecule has 0 unspecified atom stereocenters. The van der Waals surface area contributed by atoms with E-state index in [2.05, 4.69) is 20.6 Å². The molecule has 42 heavy (non-hydrogen) atoms. The number of hydrogen-bond donors (Lipinski definition) is 3. The number of anilines is 1. The van der Waals surface area contributed by atoms with E-state index in [1.165, 1.54) is 30.0 Å². The molecule has 4 N–H and O–H groups in total. The molecule has 1 aromatic heterocycles. The first-order valence-electron chi connectivity index (χ1n) is 13.2. The summed E-state index contributed by atoms with van der Waals surface area (Å²) < 4.78 is 78.9. The molecule has 2 heterocycles. The van der Waals surface area contributed by atoms with Crippen molar-refractivity contribution in [2.45, 2.75) is 57.0 Å². The fraction of sp³-hybridized carbons (Fsp3) is 0.481. The van der Waals surface area contributed by atoms with Crippen LogP contribution in [0.15, 0.2) is 40.5 Å². The topological polar surface area (TPSA) is 113 Å². The van der Waals surface area contributed by atoms with E-state index in [4.69, 9.17) is 17.3 Å². The van der Waals surface area contributed by atoms with Crippen molar-refractivity contribution < 1.29 is 35.9 Å². The Morgan fingerprint density at radius 1 is 1.14 bits per heavy atom. The summed E-state index contributed by atoms with van der Waals surface area (Å²) in [5.74, 6) is -1.25. The van der Waals surface area contributed by atoms with Crippen LogP contribution in [0.25, 0.3) is 10.9 Å². The summed E-state index contributed by atoms with van der Waals surface area (Å²) in [4.78, 5) is 34.1. The first-order chi connectivity index (χ1) is 19.6. The van der Waals surface area contributed by atoms with Crippen LogP contribution in [0.5, 0.6) is 0 Å². The predicted molar refractivity (Wildman–Crippen MR) is 146 cm³/mol. The summed E-state index contributed by atoms with van der Waals surface area (Å²) in [6.07, 6.45) is -6.05. The van der Waals surface area contributed by atoms with Crippen molar-refractivity contribution >= 4 is 46.2 Å². The number of rotatable bonds is 7. The maximum absolute atomic E-state index is 13.6. The molecule has 2 aliphatic rings. The minimum Gasteiger partial charge on any atom is -0.401 e. The van der Waals surface area contributed by atoms with E-state index in [1.807, 2.05) is 0 Å². The zero-order valence-corrected chi connectivity index (χ0v) is 23.2. The molecule has 1 saturated carbocycles. The van der Waals surface area contributed by atoms with Crippen LogP contribution in [0.1, 0.15) is 38.3 Å². The Morgan fingerprint density at radius 2 is 1.83 bits per heavy atom. The molecule has 2 amide bonds. The van der Waals surface area contributed by atoms with Crippen LogP contribution in [0.4, 0.5) is 32.0 Å². The number of halogens is 7. The summed E-state index contributed by atoms with van der Waals surface area (Å²) in [5.41, 5.74) is 5.14. The molecule has 2 aromatic rings. The number of likely N-dealkylation sites (tertiary alicyclic amines) is 1. The highest BCUT2D eigenvalue weighted by atomic mass is 35.5. The van der Waals surface area contributed by atoms with Crippen LogP contribution < -0.4 is 16.4 Å². The average molecular weight is 619 g/mol. The molecule has 1 aliphatic heterocycles. The lowest BCUT2D eigenvalue weighted by Gasteiger charge is -2.38. The highest BCUT2D eigenvalue weighted by Gasteiger charge is 2.35. The number of carbonyl (C=O) groups excluding carboxylic acids is 2. The monoisotopic (exact) mass is 618 g/mol. The highest BCUT2D eigenvalue weighted by molar-refractivity contribution is 6.31. The summed E-state index contributed by atoms with van der Waals surface area (Å²) in [7, 11) is 0. The quantitative estimate of drug-likeness (QED) is 0.228. The maximum Gasteiger partial charge on any atom is 0.433 e. The lowest BCUT2D eigenvalue weighted by Crippen LogP contribution is -2.56. The SMILES string of the molecule is CC(=O)N1C[C@@H](NC(=O)/C(C=NCC(F)(F)F)=C(/N)C2CCC2)C[C@@H](Nc2cc(C(F)(F)F)nc3ccc(Cl)cc23)C1. The third-order valence-corrected chi connectivity index (χ3v) is 7.48. The minimum absolute atomic E-state index is 0.0557. The Bertz CT molecular complexity index is 1410. The number of carbonyl (C=O) groups is 2. The van der Waals surface area contributed by atoms with Crippen molar-refractivity contribution in [1.29, 1.82) is 0 Å². The van der Waals surface area contributed by atoms with Gasteiger partial charge in [0.05, 0.1) is 11.1 Å². The number of fused-ring (bicyclic) bond motifs is 1. The van der Waals surface area contributed by atoms with Gasteiger partial charge in [-0.3, -0.25) is 14.6 Å². The number of allylic oxidation sites excluding steroid dienone is 1. The first-order valence-corrected chi connectivity index (χ1v) is 13.5. The molecule has 0 radical (unpaired) electrons. The van der Waals surface area contributed by atoms with Crippen LogP contribution in [0.3, 0.4) is 0 Å². The molecule has 1 aromatic carbocycles. The van der Waals surface area contributed by atoms with Gasteiger partial charge in [-0.2, -0.15) is 26.3 Å². The van der Waals surface area contributed by atoms with Crippen LogP contribution in [-0.2, 0) is 15.8 Å². The molecular weight excluding hydrogens is 590 g/mol. The third kappa shape index (κ3) is 7.84. The number of nitrogens with two attached hydrogens (primary N) is 1. The lowest BCUT2D eigenvalue weighted by molar-refractivity contribution is -0.141. The second-order valence-corrected chi connectivity index (χ2v) is 10.9. The zero-order valence-electron chi connectivity index (χ0n) is 22.4. The Hall–Kier alpha value is -3.55. The smallest absolute Gasteiger partial charge is 0.401 e. The summed E-state index contributed by atoms with van der Waals surface area (Å²) in [5, 5.41) is 6.40. The molecule has 0 bridgehead atoms. The maximum atomic E-state index is 13.6. The summed E-state index contributed by atoms with van der Waals surface area (Å²) in [6, 6.07) is 3.79. The van der Waals surface area contributed by atoms with Gasteiger partial charge in [-0.25, -0.2) is 4.98 Å². The molecule has 228 valence electrons. The summed E-state index contributed by atoms with van der Waals surface area (Å²) >= 11 is 6.10. The van der Waals surface area contributed by atoms with Crippen LogP contribution in [0, 0.1) is 5.92 Å². The van der Waals surface area contributed by atoms with E-state index < -0.39 is 42.6 Å². The van der Waals surface area contributed by atoms with Gasteiger partial charge in [0, 0.05) is 60.1 Å². The molecule has 8 nitrogen and oxygen atoms in total. The molecule has 15 heteroatoms. The van der Waals surface area contributed by atoms with Crippen LogP contribution in [-0.4, -0.2) is 65.8 Å². The van der Waals surface area contributed by atoms with Gasteiger partial charge in [0.1, 0.15) is 12.2 Å². The largest absolute Gasteiger partial charge is 0.433 e. The zero-order chi connectivity index (χ0) is 30.8. The minimum atomic E-state index is -4.73. The molecule has 0 spiro atoms. The van der Waals surface area contributed by atoms with Crippen molar-refractivity contribution in [2.24, 2.45) is 16.6 Å². The Morgan fingerprint density at radius 3 is 2.43 bits per heavy atom. The number of aliphatic imine (C=N–C) groups is 1. The lowest BCUT2D eigenvalue weighted by atomic mass is 9.81. The van der Waals surface area contributed by atoms with Gasteiger partial charge in [0.15, 0.2) is 0 Å². The molecule has 2 atom stereocenters. The Labute approximate surface area is 242 Å². The molecular formula is C27H29ClF6N6O2. The number of alkyl halides is 6. The summed E-state index contributed by atoms with van der Waals surface area (Å²) in [6.45, 7) is 0.0209. The van der Waals surface area contributed by atoms with Gasteiger partial charge >= 0.3 is 12.4 Å². The fourth-order valence-corrected chi connectivity index (χ4v) is 5.13. The molecule has 1 aliphatic carbocycles. The molecule has 4 rings (SSSR count). The van der Waals surface area contributed by atoms with Gasteiger partial charge in [-0.1, -0.05) is 18.0 Å². The average Bonchev–Trinajstić information content (AvgIpc) is 2.84. The van der Waals surface area contributed by atoms with Gasteiger partial charge < -0.3 is 21.3 Å². The van der Waals surface area contributed by atoms with Gasteiger partial charge in [0.25, 0.3) is 5.91 Å². The van der Waals surface area contributed by atoms with E-state index in [0.29, 0.717) is 18.2 Å². The second kappa shape index (κ2) is 12.4. The van der Waals surface area contributed by atoms with E-state index >= 15 is 0 Å². The first kappa shape index (κ1) is 31.4. The predicted octanol–water partition coefficient (Wildman–Crippen LogP) is 5.07. The Balaban J connectivity index is 1.60.